The van der Waals surface area contributed by atoms with Crippen molar-refractivity contribution in [1.29, 1.82) is 0 Å². The Morgan fingerprint density at radius 3 is 2.20 bits per heavy atom. The van der Waals surface area contributed by atoms with Gasteiger partial charge in [-0.15, -0.1) is 0 Å². The molecule has 1 heterocycles. The van der Waals surface area contributed by atoms with Gasteiger partial charge in [0.15, 0.2) is 0 Å². The second-order valence-electron chi connectivity index (χ2n) is 4.35. The standard InChI is InChI=1S/C14H14F3N3/c1-18-12(13-19-7-2-8-20-13)9-10-3-5-11(6-4-10)14(15,16)17/h2-8,12,18H,9H2,1H3. The number of nitrogens with one attached hydrogen (secondary N) is 1. The minimum atomic E-state index is -4.30. The molecule has 0 amide bonds. The van der Waals surface area contributed by atoms with E-state index in [4.69, 9.17) is 0 Å². The normalized spacial score (nSPS) is 13.2. The molecule has 0 aliphatic rings. The van der Waals surface area contributed by atoms with E-state index >= 15 is 0 Å². The highest BCUT2D eigenvalue weighted by Crippen LogP contribution is 2.29. The zero-order chi connectivity index (χ0) is 14.6. The Labute approximate surface area is 114 Å². The summed E-state index contributed by atoms with van der Waals surface area (Å²) in [5, 5.41) is 3.06. The van der Waals surface area contributed by atoms with Crippen LogP contribution in [0.2, 0.25) is 0 Å². The van der Waals surface area contributed by atoms with Gasteiger partial charge in [0.2, 0.25) is 0 Å². The van der Waals surface area contributed by atoms with Crippen molar-refractivity contribution >= 4 is 0 Å². The van der Waals surface area contributed by atoms with Crippen molar-refractivity contribution in [3.63, 3.8) is 0 Å². The number of hydrogen-bond acceptors (Lipinski definition) is 3. The summed E-state index contributed by atoms with van der Waals surface area (Å²) < 4.78 is 37.4. The lowest BCUT2D eigenvalue weighted by Gasteiger charge is -2.15. The molecule has 20 heavy (non-hydrogen) atoms. The summed E-state index contributed by atoms with van der Waals surface area (Å²) in [7, 11) is 1.77. The van der Waals surface area contributed by atoms with Crippen LogP contribution in [0.5, 0.6) is 0 Å². The molecule has 1 atom stereocenters. The summed E-state index contributed by atoms with van der Waals surface area (Å²) in [6.45, 7) is 0. The van der Waals surface area contributed by atoms with Crippen LogP contribution in [0.4, 0.5) is 13.2 Å². The number of alkyl halides is 3. The van der Waals surface area contributed by atoms with Crippen LogP contribution in [0, 0.1) is 0 Å². The van der Waals surface area contributed by atoms with Crippen molar-refractivity contribution in [1.82, 2.24) is 15.3 Å². The molecule has 1 N–H and O–H groups in total. The Hall–Kier alpha value is -1.95. The summed E-state index contributed by atoms with van der Waals surface area (Å²) >= 11 is 0. The van der Waals surface area contributed by atoms with E-state index in [0.29, 0.717) is 12.2 Å². The smallest absolute Gasteiger partial charge is 0.310 e. The van der Waals surface area contributed by atoms with Crippen molar-refractivity contribution in [3.8, 4) is 0 Å². The molecule has 0 radical (unpaired) electrons. The fraction of sp³-hybridized carbons (Fsp3) is 0.286. The number of halogens is 3. The lowest BCUT2D eigenvalue weighted by atomic mass is 10.0. The second-order valence-corrected chi connectivity index (χ2v) is 4.35. The Morgan fingerprint density at radius 1 is 1.10 bits per heavy atom. The molecule has 0 saturated heterocycles. The number of likely N-dealkylation sites (N-methyl/N-ethyl adjacent to an activating group) is 1. The predicted octanol–water partition coefficient (Wildman–Crippen LogP) is 3.00. The molecule has 1 aromatic carbocycles. The Bertz CT molecular complexity index is 538. The van der Waals surface area contributed by atoms with Crippen molar-refractivity contribution in [2.24, 2.45) is 0 Å². The van der Waals surface area contributed by atoms with Gasteiger partial charge in [-0.3, -0.25) is 0 Å². The first-order valence-corrected chi connectivity index (χ1v) is 6.11. The third-order valence-corrected chi connectivity index (χ3v) is 2.97. The van der Waals surface area contributed by atoms with E-state index in [1.54, 1.807) is 25.5 Å². The van der Waals surface area contributed by atoms with E-state index in [1.165, 1.54) is 12.1 Å². The van der Waals surface area contributed by atoms with Crippen LogP contribution in [0.15, 0.2) is 42.7 Å². The van der Waals surface area contributed by atoms with Crippen molar-refractivity contribution in [3.05, 3.63) is 59.7 Å². The third-order valence-electron chi connectivity index (χ3n) is 2.97. The maximum atomic E-state index is 12.5. The molecule has 1 aromatic heterocycles. The SMILES string of the molecule is CNC(Cc1ccc(C(F)(F)F)cc1)c1ncccn1. The maximum absolute atomic E-state index is 12.5. The lowest BCUT2D eigenvalue weighted by molar-refractivity contribution is -0.137. The average Bonchev–Trinajstić information content (AvgIpc) is 2.45. The van der Waals surface area contributed by atoms with Gasteiger partial charge in [-0.25, -0.2) is 9.97 Å². The minimum absolute atomic E-state index is 0.132. The number of benzene rings is 1. The van der Waals surface area contributed by atoms with Gasteiger partial charge in [-0.1, -0.05) is 12.1 Å². The van der Waals surface area contributed by atoms with Gasteiger partial charge in [0.1, 0.15) is 5.82 Å². The largest absolute Gasteiger partial charge is 0.416 e. The fourth-order valence-corrected chi connectivity index (χ4v) is 1.88. The minimum Gasteiger partial charge on any atom is -0.310 e. The van der Waals surface area contributed by atoms with Crippen molar-refractivity contribution < 1.29 is 13.2 Å². The van der Waals surface area contributed by atoms with E-state index in [2.05, 4.69) is 15.3 Å². The summed E-state index contributed by atoms with van der Waals surface area (Å²) in [5.74, 6) is 0.620. The molecule has 0 saturated carbocycles. The molecule has 0 fully saturated rings. The molecule has 0 aliphatic heterocycles. The molecule has 0 bridgehead atoms. The van der Waals surface area contributed by atoms with Gasteiger partial charge in [-0.05, 0) is 37.2 Å². The topological polar surface area (TPSA) is 37.8 Å². The van der Waals surface area contributed by atoms with Crippen LogP contribution in [0.3, 0.4) is 0 Å². The number of nitrogens with zero attached hydrogens (tertiary/aromatic N) is 2. The monoisotopic (exact) mass is 281 g/mol. The van der Waals surface area contributed by atoms with Crippen LogP contribution in [0.25, 0.3) is 0 Å². The van der Waals surface area contributed by atoms with Gasteiger partial charge >= 0.3 is 6.18 Å². The van der Waals surface area contributed by atoms with Gasteiger partial charge in [-0.2, -0.15) is 13.2 Å². The number of rotatable bonds is 4. The van der Waals surface area contributed by atoms with Gasteiger partial charge in [0, 0.05) is 12.4 Å². The van der Waals surface area contributed by atoms with Crippen LogP contribution in [-0.2, 0) is 12.6 Å². The predicted molar refractivity (Wildman–Crippen MR) is 69.0 cm³/mol. The highest BCUT2D eigenvalue weighted by Gasteiger charge is 2.30. The van der Waals surface area contributed by atoms with Crippen LogP contribution in [-0.4, -0.2) is 17.0 Å². The first kappa shape index (κ1) is 14.5. The lowest BCUT2D eigenvalue weighted by Crippen LogP contribution is -2.21. The third kappa shape index (κ3) is 3.54. The number of hydrogen-bond donors (Lipinski definition) is 1. The Morgan fingerprint density at radius 2 is 1.70 bits per heavy atom. The van der Waals surface area contributed by atoms with Crippen molar-refractivity contribution in [2.75, 3.05) is 7.05 Å². The fourth-order valence-electron chi connectivity index (χ4n) is 1.88. The van der Waals surface area contributed by atoms with Gasteiger partial charge in [0.05, 0.1) is 11.6 Å². The highest BCUT2D eigenvalue weighted by molar-refractivity contribution is 5.25. The summed E-state index contributed by atoms with van der Waals surface area (Å²) in [6, 6.07) is 6.73. The molecule has 0 aliphatic carbocycles. The zero-order valence-electron chi connectivity index (χ0n) is 10.9. The quantitative estimate of drug-likeness (QED) is 0.936. The van der Waals surface area contributed by atoms with Crippen LogP contribution in [0.1, 0.15) is 23.0 Å². The molecule has 2 rings (SSSR count). The molecule has 1 unspecified atom stereocenters. The molecule has 106 valence electrons. The molecule has 2 aromatic rings. The van der Waals surface area contributed by atoms with E-state index in [1.807, 2.05) is 0 Å². The van der Waals surface area contributed by atoms with Gasteiger partial charge < -0.3 is 5.32 Å². The first-order valence-electron chi connectivity index (χ1n) is 6.11. The zero-order valence-corrected chi connectivity index (χ0v) is 10.9. The van der Waals surface area contributed by atoms with Crippen LogP contribution >= 0.6 is 0 Å². The molecular weight excluding hydrogens is 267 g/mol. The Kier molecular flexibility index (Phi) is 4.34. The van der Waals surface area contributed by atoms with E-state index in [9.17, 15) is 13.2 Å². The van der Waals surface area contributed by atoms with E-state index in [-0.39, 0.29) is 6.04 Å². The summed E-state index contributed by atoms with van der Waals surface area (Å²) in [6.07, 6.45) is -0.499. The average molecular weight is 281 g/mol. The maximum Gasteiger partial charge on any atom is 0.416 e. The van der Waals surface area contributed by atoms with E-state index < -0.39 is 11.7 Å². The highest BCUT2D eigenvalue weighted by atomic mass is 19.4. The molecule has 0 spiro atoms. The Balaban J connectivity index is 2.13. The van der Waals surface area contributed by atoms with E-state index in [0.717, 1.165) is 17.7 Å². The molecule has 3 nitrogen and oxygen atoms in total. The molecular formula is C14H14F3N3. The number of aromatic nitrogens is 2. The second kappa shape index (κ2) is 6.00. The first-order chi connectivity index (χ1) is 9.50. The summed E-state index contributed by atoms with van der Waals surface area (Å²) in [5.41, 5.74) is 0.156. The molecule has 6 heteroatoms. The summed E-state index contributed by atoms with van der Waals surface area (Å²) in [4.78, 5) is 8.30. The van der Waals surface area contributed by atoms with Crippen LogP contribution < -0.4 is 5.32 Å². The van der Waals surface area contributed by atoms with Gasteiger partial charge in [0.25, 0.3) is 0 Å². The van der Waals surface area contributed by atoms with Crippen molar-refractivity contribution in [2.45, 2.75) is 18.6 Å².